The van der Waals surface area contributed by atoms with Crippen molar-refractivity contribution in [2.75, 3.05) is 25.4 Å². The van der Waals surface area contributed by atoms with Gasteiger partial charge in [-0.1, -0.05) is 29.8 Å². The van der Waals surface area contributed by atoms with E-state index in [1.165, 1.54) is 12.1 Å². The summed E-state index contributed by atoms with van der Waals surface area (Å²) in [5.41, 5.74) is 2.15. The van der Waals surface area contributed by atoms with Crippen molar-refractivity contribution in [1.29, 1.82) is 0 Å². The second-order valence-electron chi connectivity index (χ2n) is 7.54. The van der Waals surface area contributed by atoms with E-state index in [1.54, 1.807) is 16.4 Å². The quantitative estimate of drug-likeness (QED) is 0.759. The molecule has 0 amide bonds. The molecule has 2 unspecified atom stereocenters. The number of hydrogen-bond donors (Lipinski definition) is 0. The number of thioether (sulfide) groups is 1. The molecule has 0 aliphatic carbocycles. The number of halogens is 1. The minimum atomic E-state index is -3.45. The second-order valence-corrected chi connectivity index (χ2v) is 10.8. The van der Waals surface area contributed by atoms with Crippen molar-refractivity contribution >= 4 is 21.8 Å². The number of fused-ring (bicyclic) bond motifs is 1. The lowest BCUT2D eigenvalue weighted by molar-refractivity contribution is 0.138. The summed E-state index contributed by atoms with van der Waals surface area (Å²) < 4.78 is 40.9. The highest BCUT2D eigenvalue weighted by Gasteiger charge is 2.40. The Labute approximate surface area is 170 Å². The summed E-state index contributed by atoms with van der Waals surface area (Å²) in [5, 5.41) is 0.267. The molecule has 0 aromatic heterocycles. The molecule has 4 rings (SSSR count). The second kappa shape index (κ2) is 8.14. The summed E-state index contributed by atoms with van der Waals surface area (Å²) in [6, 6.07) is 14.1. The molecule has 0 N–H and O–H groups in total. The maximum Gasteiger partial charge on any atom is 0.243 e. The van der Waals surface area contributed by atoms with Crippen LogP contribution in [-0.2, 0) is 16.6 Å². The SMILES string of the molecule is Cc1ccc(S(=O)(=O)N2CCC3C(C2)SCCN3Cc2ccc(F)cc2)cc1. The summed E-state index contributed by atoms with van der Waals surface area (Å²) >= 11 is 1.87. The third-order valence-corrected chi connectivity index (χ3v) is 8.81. The van der Waals surface area contributed by atoms with Gasteiger partial charge in [-0.2, -0.15) is 16.1 Å². The zero-order chi connectivity index (χ0) is 19.7. The first-order chi connectivity index (χ1) is 13.4. The van der Waals surface area contributed by atoms with Gasteiger partial charge in [0, 0.05) is 43.2 Å². The first-order valence-electron chi connectivity index (χ1n) is 9.60. The number of hydrogen-bond acceptors (Lipinski definition) is 4. The van der Waals surface area contributed by atoms with E-state index in [0.29, 0.717) is 24.0 Å². The van der Waals surface area contributed by atoms with E-state index >= 15 is 0 Å². The number of aryl methyl sites for hydroxylation is 1. The van der Waals surface area contributed by atoms with Crippen LogP contribution < -0.4 is 0 Å². The predicted octanol–water partition coefficient (Wildman–Crippen LogP) is 3.51. The van der Waals surface area contributed by atoms with E-state index in [1.807, 2.05) is 43.0 Å². The van der Waals surface area contributed by atoms with Crippen molar-refractivity contribution in [2.45, 2.75) is 36.1 Å². The molecular weight excluding hydrogens is 395 g/mol. The topological polar surface area (TPSA) is 40.6 Å². The van der Waals surface area contributed by atoms with Crippen LogP contribution in [0.3, 0.4) is 0 Å². The fourth-order valence-electron chi connectivity index (χ4n) is 4.04. The Morgan fingerprint density at radius 2 is 1.79 bits per heavy atom. The third-order valence-electron chi connectivity index (χ3n) is 5.62. The summed E-state index contributed by atoms with van der Waals surface area (Å²) in [6.07, 6.45) is 0.823. The summed E-state index contributed by atoms with van der Waals surface area (Å²) in [4.78, 5) is 2.81. The molecule has 2 aliphatic rings. The molecule has 2 aliphatic heterocycles. The Balaban J connectivity index is 1.46. The Morgan fingerprint density at radius 3 is 2.50 bits per heavy atom. The van der Waals surface area contributed by atoms with Crippen molar-refractivity contribution in [1.82, 2.24) is 9.21 Å². The van der Waals surface area contributed by atoms with E-state index in [9.17, 15) is 12.8 Å². The normalized spacial score (nSPS) is 24.1. The van der Waals surface area contributed by atoms with Crippen LogP contribution in [0.5, 0.6) is 0 Å². The van der Waals surface area contributed by atoms with Crippen molar-refractivity contribution in [3.63, 3.8) is 0 Å². The predicted molar refractivity (Wildman–Crippen MR) is 111 cm³/mol. The van der Waals surface area contributed by atoms with Crippen molar-refractivity contribution in [3.8, 4) is 0 Å². The van der Waals surface area contributed by atoms with Gasteiger partial charge in [-0.25, -0.2) is 12.8 Å². The van der Waals surface area contributed by atoms with Crippen molar-refractivity contribution in [3.05, 3.63) is 65.5 Å². The van der Waals surface area contributed by atoms with Crippen LogP contribution in [0.25, 0.3) is 0 Å². The van der Waals surface area contributed by atoms with Crippen LogP contribution >= 0.6 is 11.8 Å². The molecule has 2 aromatic rings. The van der Waals surface area contributed by atoms with E-state index in [4.69, 9.17) is 0 Å². The minimum absolute atomic E-state index is 0.217. The van der Waals surface area contributed by atoms with Gasteiger partial charge in [0.2, 0.25) is 10.0 Å². The zero-order valence-corrected chi connectivity index (χ0v) is 17.6. The van der Waals surface area contributed by atoms with E-state index in [2.05, 4.69) is 4.90 Å². The molecule has 0 bridgehead atoms. The molecule has 2 fully saturated rings. The molecule has 2 heterocycles. The molecule has 0 saturated carbocycles. The van der Waals surface area contributed by atoms with Crippen molar-refractivity contribution < 1.29 is 12.8 Å². The van der Waals surface area contributed by atoms with Gasteiger partial charge in [-0.3, -0.25) is 4.90 Å². The largest absolute Gasteiger partial charge is 0.294 e. The summed E-state index contributed by atoms with van der Waals surface area (Å²) in [7, 11) is -3.45. The Hall–Kier alpha value is -1.41. The Morgan fingerprint density at radius 1 is 1.07 bits per heavy atom. The van der Waals surface area contributed by atoms with Gasteiger partial charge >= 0.3 is 0 Å². The van der Waals surface area contributed by atoms with Gasteiger partial charge in [0.15, 0.2) is 0 Å². The first kappa shape index (κ1) is 19.9. The van der Waals surface area contributed by atoms with E-state index < -0.39 is 10.0 Å². The van der Waals surface area contributed by atoms with Gasteiger partial charge in [0.1, 0.15) is 5.82 Å². The average molecular weight is 421 g/mol. The van der Waals surface area contributed by atoms with Crippen LogP contribution in [0.15, 0.2) is 53.4 Å². The highest BCUT2D eigenvalue weighted by Crippen LogP contribution is 2.34. The van der Waals surface area contributed by atoms with Crippen molar-refractivity contribution in [2.24, 2.45) is 0 Å². The van der Waals surface area contributed by atoms with Gasteiger partial charge in [-0.15, -0.1) is 0 Å². The molecule has 150 valence electrons. The fourth-order valence-corrected chi connectivity index (χ4v) is 7.08. The molecule has 2 saturated heterocycles. The van der Waals surface area contributed by atoms with Crippen LogP contribution in [0.4, 0.5) is 4.39 Å². The molecule has 2 atom stereocenters. The average Bonchev–Trinajstić information content (AvgIpc) is 2.70. The molecule has 2 aromatic carbocycles. The number of nitrogens with zero attached hydrogens (tertiary/aromatic N) is 2. The maximum atomic E-state index is 13.2. The highest BCUT2D eigenvalue weighted by atomic mass is 32.2. The lowest BCUT2D eigenvalue weighted by atomic mass is 10.0. The van der Waals surface area contributed by atoms with Gasteiger partial charge in [0.05, 0.1) is 4.90 Å². The van der Waals surface area contributed by atoms with Crippen LogP contribution in [0.2, 0.25) is 0 Å². The molecule has 0 radical (unpaired) electrons. The smallest absolute Gasteiger partial charge is 0.243 e. The van der Waals surface area contributed by atoms with Gasteiger partial charge in [0.25, 0.3) is 0 Å². The Kier molecular flexibility index (Phi) is 5.78. The lowest BCUT2D eigenvalue weighted by Gasteiger charge is -2.46. The number of rotatable bonds is 4. The standard InChI is InChI=1S/C21H25FN2O2S2/c1-16-2-8-19(9-3-16)28(25,26)24-11-10-20-21(15-24)27-13-12-23(20)14-17-4-6-18(22)7-5-17/h2-9,20-21H,10-15H2,1H3. The van der Waals surface area contributed by atoms with E-state index in [0.717, 1.165) is 36.4 Å². The number of benzene rings is 2. The molecule has 0 spiro atoms. The molecule has 28 heavy (non-hydrogen) atoms. The summed E-state index contributed by atoms with van der Waals surface area (Å²) in [5.74, 6) is 0.770. The first-order valence-corrected chi connectivity index (χ1v) is 12.1. The number of sulfonamides is 1. The molecule has 7 heteroatoms. The molecule has 4 nitrogen and oxygen atoms in total. The zero-order valence-electron chi connectivity index (χ0n) is 15.9. The van der Waals surface area contributed by atoms with E-state index in [-0.39, 0.29) is 11.1 Å². The van der Waals surface area contributed by atoms with Gasteiger partial charge in [-0.05, 0) is 43.2 Å². The lowest BCUT2D eigenvalue weighted by Crippen LogP contribution is -2.56. The monoisotopic (exact) mass is 420 g/mol. The maximum absolute atomic E-state index is 13.2. The minimum Gasteiger partial charge on any atom is -0.294 e. The molecular formula is C21H25FN2O2S2. The number of piperidine rings is 1. The van der Waals surface area contributed by atoms with Gasteiger partial charge < -0.3 is 0 Å². The highest BCUT2D eigenvalue weighted by molar-refractivity contribution is 8.00. The van der Waals surface area contributed by atoms with Crippen LogP contribution in [0.1, 0.15) is 17.5 Å². The fraction of sp³-hybridized carbons (Fsp3) is 0.429. The summed E-state index contributed by atoms with van der Waals surface area (Å²) in [6.45, 7) is 4.81. The van der Waals surface area contributed by atoms with Crippen LogP contribution in [-0.4, -0.2) is 54.3 Å². The van der Waals surface area contributed by atoms with Crippen LogP contribution in [0, 0.1) is 12.7 Å². The third kappa shape index (κ3) is 4.13. The Bertz CT molecular complexity index is 916.